The highest BCUT2D eigenvalue weighted by Gasteiger charge is 2.18. The van der Waals surface area contributed by atoms with Crippen LogP contribution in [0, 0.1) is 0 Å². The van der Waals surface area contributed by atoms with Gasteiger partial charge in [-0.05, 0) is 36.6 Å². The van der Waals surface area contributed by atoms with Crippen LogP contribution < -0.4 is 10.2 Å². The van der Waals surface area contributed by atoms with Crippen LogP contribution in [0.5, 0.6) is 0 Å². The molecule has 0 atom stereocenters. The minimum absolute atomic E-state index is 0.0920. The lowest BCUT2D eigenvalue weighted by Gasteiger charge is -2.22. The van der Waals surface area contributed by atoms with Crippen molar-refractivity contribution < 1.29 is 14.4 Å². The highest BCUT2D eigenvalue weighted by Crippen LogP contribution is 2.24. The zero-order chi connectivity index (χ0) is 19.3. The molecule has 0 aliphatic heterocycles. The number of amides is 2. The molecule has 0 saturated carbocycles. The number of para-hydroxylation sites is 1. The Morgan fingerprint density at radius 2 is 1.69 bits per heavy atom. The van der Waals surface area contributed by atoms with E-state index in [0.29, 0.717) is 11.3 Å². The van der Waals surface area contributed by atoms with Gasteiger partial charge in [-0.3, -0.25) is 14.4 Å². The van der Waals surface area contributed by atoms with Crippen molar-refractivity contribution in [1.29, 1.82) is 0 Å². The largest absolute Gasteiger partial charge is 0.324 e. The maximum Gasteiger partial charge on any atom is 0.244 e. The second-order valence-corrected chi connectivity index (χ2v) is 6.50. The van der Waals surface area contributed by atoms with Crippen molar-refractivity contribution in [3.8, 4) is 0 Å². The van der Waals surface area contributed by atoms with Gasteiger partial charge in [0.05, 0.1) is 0 Å². The van der Waals surface area contributed by atoms with Gasteiger partial charge in [-0.1, -0.05) is 44.2 Å². The Morgan fingerprint density at radius 3 is 2.31 bits per heavy atom. The quantitative estimate of drug-likeness (QED) is 0.799. The minimum atomic E-state index is -0.290. The van der Waals surface area contributed by atoms with Crippen LogP contribution in [0.2, 0.25) is 0 Å². The fourth-order valence-corrected chi connectivity index (χ4v) is 2.72. The van der Waals surface area contributed by atoms with Crippen molar-refractivity contribution in [1.82, 2.24) is 0 Å². The second-order valence-electron chi connectivity index (χ2n) is 6.50. The molecule has 26 heavy (non-hydrogen) atoms. The lowest BCUT2D eigenvalue weighted by Crippen LogP contribution is -2.36. The Labute approximate surface area is 154 Å². The van der Waals surface area contributed by atoms with Gasteiger partial charge in [0.25, 0.3) is 0 Å². The molecular formula is C21H24N2O3. The van der Waals surface area contributed by atoms with E-state index in [9.17, 15) is 14.4 Å². The highest BCUT2D eigenvalue weighted by atomic mass is 16.2. The van der Waals surface area contributed by atoms with Gasteiger partial charge in [0.2, 0.25) is 11.8 Å². The van der Waals surface area contributed by atoms with E-state index in [0.717, 1.165) is 11.3 Å². The van der Waals surface area contributed by atoms with Gasteiger partial charge in [-0.25, -0.2) is 0 Å². The van der Waals surface area contributed by atoms with E-state index in [1.165, 1.54) is 18.7 Å². The summed E-state index contributed by atoms with van der Waals surface area (Å²) in [5.41, 5.74) is 2.80. The number of Topliss-reactive ketones (excluding diaryl/α,β-unsaturated/α-hetero) is 1. The standard InChI is InChI=1S/C21H24N2O3/c1-14(2)19-10-5-6-11-20(19)22-21(26)13-23(16(4)25)18-9-7-8-17(12-18)15(3)24/h5-12,14H,13H2,1-4H3,(H,22,26). The Bertz CT molecular complexity index is 828. The molecule has 0 fully saturated rings. The molecule has 0 bridgehead atoms. The minimum Gasteiger partial charge on any atom is -0.324 e. The topological polar surface area (TPSA) is 66.5 Å². The normalized spacial score (nSPS) is 10.5. The number of nitrogens with one attached hydrogen (secondary N) is 1. The van der Waals surface area contributed by atoms with Crippen LogP contribution in [0.1, 0.15) is 49.5 Å². The first kappa shape index (κ1) is 19.4. The number of rotatable bonds is 6. The Hall–Kier alpha value is -2.95. The molecule has 0 aromatic heterocycles. The van der Waals surface area contributed by atoms with E-state index < -0.39 is 0 Å². The summed E-state index contributed by atoms with van der Waals surface area (Å²) in [5, 5.41) is 2.88. The number of hydrogen-bond donors (Lipinski definition) is 1. The molecule has 2 amide bonds. The molecule has 2 aromatic rings. The molecule has 136 valence electrons. The Balaban J connectivity index is 2.21. The van der Waals surface area contributed by atoms with Gasteiger partial charge in [0, 0.05) is 23.9 Å². The summed E-state index contributed by atoms with van der Waals surface area (Å²) < 4.78 is 0. The van der Waals surface area contributed by atoms with Crippen molar-refractivity contribution in [2.45, 2.75) is 33.6 Å². The summed E-state index contributed by atoms with van der Waals surface area (Å²) in [6.45, 7) is 6.85. The van der Waals surface area contributed by atoms with Crippen LogP contribution in [-0.4, -0.2) is 24.1 Å². The zero-order valence-corrected chi connectivity index (χ0v) is 15.6. The number of ketones is 1. The van der Waals surface area contributed by atoms with Gasteiger partial charge in [0.1, 0.15) is 6.54 Å². The van der Waals surface area contributed by atoms with Crippen molar-refractivity contribution in [3.05, 3.63) is 59.7 Å². The molecule has 0 saturated heterocycles. The SMILES string of the molecule is CC(=O)c1cccc(N(CC(=O)Nc2ccccc2C(C)C)C(C)=O)c1. The Kier molecular flexibility index (Phi) is 6.28. The molecule has 0 heterocycles. The summed E-state index contributed by atoms with van der Waals surface area (Å²) in [4.78, 5) is 37.5. The van der Waals surface area contributed by atoms with E-state index in [1.54, 1.807) is 24.3 Å². The van der Waals surface area contributed by atoms with Crippen molar-refractivity contribution in [2.24, 2.45) is 0 Å². The van der Waals surface area contributed by atoms with E-state index in [-0.39, 0.29) is 30.1 Å². The van der Waals surface area contributed by atoms with Crippen LogP contribution >= 0.6 is 0 Å². The first-order valence-electron chi connectivity index (χ1n) is 8.57. The maximum atomic E-state index is 12.5. The predicted molar refractivity (Wildman–Crippen MR) is 104 cm³/mol. The van der Waals surface area contributed by atoms with E-state index in [1.807, 2.05) is 24.3 Å². The third kappa shape index (κ3) is 4.79. The number of carbonyl (C=O) groups is 3. The number of nitrogens with zero attached hydrogens (tertiary/aromatic N) is 1. The van der Waals surface area contributed by atoms with Crippen molar-refractivity contribution in [2.75, 3.05) is 16.8 Å². The smallest absolute Gasteiger partial charge is 0.244 e. The van der Waals surface area contributed by atoms with Gasteiger partial charge in [-0.15, -0.1) is 0 Å². The molecule has 0 radical (unpaired) electrons. The number of hydrogen-bond acceptors (Lipinski definition) is 3. The third-order valence-electron chi connectivity index (χ3n) is 4.10. The first-order valence-corrected chi connectivity index (χ1v) is 8.57. The molecular weight excluding hydrogens is 328 g/mol. The zero-order valence-electron chi connectivity index (χ0n) is 15.6. The molecule has 2 aromatic carbocycles. The highest BCUT2D eigenvalue weighted by molar-refractivity contribution is 6.03. The fraction of sp³-hybridized carbons (Fsp3) is 0.286. The number of anilines is 2. The monoisotopic (exact) mass is 352 g/mol. The molecule has 0 aliphatic carbocycles. The molecule has 2 rings (SSSR count). The van der Waals surface area contributed by atoms with E-state index >= 15 is 0 Å². The maximum absolute atomic E-state index is 12.5. The lowest BCUT2D eigenvalue weighted by atomic mass is 10.0. The number of carbonyl (C=O) groups excluding carboxylic acids is 3. The summed E-state index contributed by atoms with van der Waals surface area (Å²) >= 11 is 0. The fourth-order valence-electron chi connectivity index (χ4n) is 2.72. The molecule has 0 unspecified atom stereocenters. The summed E-state index contributed by atoms with van der Waals surface area (Å²) in [5.74, 6) is -0.382. The Morgan fingerprint density at radius 1 is 1.00 bits per heavy atom. The molecule has 1 N–H and O–H groups in total. The van der Waals surface area contributed by atoms with Crippen molar-refractivity contribution in [3.63, 3.8) is 0 Å². The second kappa shape index (κ2) is 8.43. The summed E-state index contributed by atoms with van der Waals surface area (Å²) in [6.07, 6.45) is 0. The van der Waals surface area contributed by atoms with Gasteiger partial charge in [-0.2, -0.15) is 0 Å². The average Bonchev–Trinajstić information content (AvgIpc) is 2.59. The molecule has 5 nitrogen and oxygen atoms in total. The number of benzene rings is 2. The van der Waals surface area contributed by atoms with Crippen LogP contribution in [0.15, 0.2) is 48.5 Å². The molecule has 5 heteroatoms. The average molecular weight is 352 g/mol. The van der Waals surface area contributed by atoms with Gasteiger partial charge in [0.15, 0.2) is 5.78 Å². The van der Waals surface area contributed by atoms with Crippen LogP contribution in [0.3, 0.4) is 0 Å². The van der Waals surface area contributed by atoms with Gasteiger partial charge >= 0.3 is 0 Å². The van der Waals surface area contributed by atoms with Crippen molar-refractivity contribution >= 4 is 29.0 Å². The first-order chi connectivity index (χ1) is 12.3. The molecule has 0 spiro atoms. The third-order valence-corrected chi connectivity index (χ3v) is 4.10. The molecule has 0 aliphatic rings. The van der Waals surface area contributed by atoms with Crippen LogP contribution in [0.25, 0.3) is 0 Å². The van der Waals surface area contributed by atoms with Gasteiger partial charge < -0.3 is 10.2 Å². The van der Waals surface area contributed by atoms with E-state index in [4.69, 9.17) is 0 Å². The predicted octanol–water partition coefficient (Wildman–Crippen LogP) is 4.00. The van der Waals surface area contributed by atoms with Crippen LogP contribution in [-0.2, 0) is 9.59 Å². The summed E-state index contributed by atoms with van der Waals surface area (Å²) in [7, 11) is 0. The lowest BCUT2D eigenvalue weighted by molar-refractivity contribution is -0.120. The van der Waals surface area contributed by atoms with Crippen LogP contribution in [0.4, 0.5) is 11.4 Å². The summed E-state index contributed by atoms with van der Waals surface area (Å²) in [6, 6.07) is 14.3. The van der Waals surface area contributed by atoms with E-state index in [2.05, 4.69) is 19.2 Å².